The molecule has 2 aromatic rings. The standard InChI is InChI=1S/C6H5N3O/c7-3-5-6-1-2-10-9(6)4-8-5/h1-4,7H. The highest BCUT2D eigenvalue weighted by atomic mass is 16.5. The van der Waals surface area contributed by atoms with Crippen molar-refractivity contribution in [1.29, 1.82) is 5.41 Å². The van der Waals surface area contributed by atoms with Gasteiger partial charge in [-0.1, -0.05) is 0 Å². The lowest BCUT2D eigenvalue weighted by molar-refractivity contribution is 0.375. The van der Waals surface area contributed by atoms with E-state index in [0.29, 0.717) is 5.69 Å². The summed E-state index contributed by atoms with van der Waals surface area (Å²) >= 11 is 0. The molecular formula is C6H5N3O. The molecular weight excluding hydrogens is 130 g/mol. The number of nitrogens with one attached hydrogen (secondary N) is 1. The molecule has 2 heterocycles. The summed E-state index contributed by atoms with van der Waals surface area (Å²) in [5, 5.41) is 6.94. The van der Waals surface area contributed by atoms with Gasteiger partial charge < -0.3 is 9.93 Å². The number of rotatable bonds is 1. The maximum absolute atomic E-state index is 6.94. The van der Waals surface area contributed by atoms with Gasteiger partial charge in [-0.05, 0) is 0 Å². The predicted octanol–water partition coefficient (Wildman–Crippen LogP) is 0.925. The molecule has 50 valence electrons. The van der Waals surface area contributed by atoms with E-state index in [-0.39, 0.29) is 0 Å². The fourth-order valence-electron chi connectivity index (χ4n) is 0.870. The van der Waals surface area contributed by atoms with Crippen molar-refractivity contribution < 1.29 is 4.52 Å². The molecule has 0 amide bonds. The van der Waals surface area contributed by atoms with E-state index in [2.05, 4.69) is 4.98 Å². The van der Waals surface area contributed by atoms with Crippen molar-refractivity contribution in [2.45, 2.75) is 0 Å². The molecule has 0 fully saturated rings. The summed E-state index contributed by atoms with van der Waals surface area (Å²) in [6.07, 6.45) is 4.30. The van der Waals surface area contributed by atoms with Gasteiger partial charge in [-0.2, -0.15) is 4.57 Å². The third-order valence-corrected chi connectivity index (χ3v) is 1.34. The molecule has 2 aromatic heterocycles. The number of imidazole rings is 1. The van der Waals surface area contributed by atoms with Gasteiger partial charge >= 0.3 is 0 Å². The molecule has 1 N–H and O–H groups in total. The molecule has 0 spiro atoms. The van der Waals surface area contributed by atoms with Gasteiger partial charge in [0.1, 0.15) is 23.8 Å². The quantitative estimate of drug-likeness (QED) is 0.591. The van der Waals surface area contributed by atoms with E-state index < -0.39 is 0 Å². The Kier molecular flexibility index (Phi) is 0.887. The van der Waals surface area contributed by atoms with E-state index in [1.54, 1.807) is 12.3 Å². The lowest BCUT2D eigenvalue weighted by Gasteiger charge is -1.77. The number of hydrogen-bond acceptors (Lipinski definition) is 3. The van der Waals surface area contributed by atoms with Crippen molar-refractivity contribution in [3.05, 3.63) is 24.4 Å². The molecule has 0 atom stereocenters. The minimum absolute atomic E-state index is 0.633. The number of aromatic nitrogens is 2. The van der Waals surface area contributed by atoms with Crippen LogP contribution >= 0.6 is 0 Å². The molecule has 0 aromatic carbocycles. The summed E-state index contributed by atoms with van der Waals surface area (Å²) in [6, 6.07) is 1.77. The topological polar surface area (TPSA) is 54.3 Å². The summed E-state index contributed by atoms with van der Waals surface area (Å²) < 4.78 is 6.47. The van der Waals surface area contributed by atoms with Gasteiger partial charge in [0.2, 0.25) is 0 Å². The van der Waals surface area contributed by atoms with Gasteiger partial charge in [0, 0.05) is 12.3 Å². The number of hydrogen-bond donors (Lipinski definition) is 1. The Morgan fingerprint density at radius 3 is 3.40 bits per heavy atom. The molecule has 2 rings (SSSR count). The Hall–Kier alpha value is -1.58. The van der Waals surface area contributed by atoms with Gasteiger partial charge in [-0.3, -0.25) is 0 Å². The zero-order valence-electron chi connectivity index (χ0n) is 5.11. The van der Waals surface area contributed by atoms with E-state index >= 15 is 0 Å². The minimum Gasteiger partial charge on any atom is -0.381 e. The van der Waals surface area contributed by atoms with Crippen LogP contribution in [-0.2, 0) is 0 Å². The van der Waals surface area contributed by atoms with Gasteiger partial charge in [0.25, 0.3) is 0 Å². The maximum atomic E-state index is 6.94. The van der Waals surface area contributed by atoms with Crippen molar-refractivity contribution in [3.8, 4) is 0 Å². The Bertz CT molecular complexity index is 360. The molecule has 0 bridgehead atoms. The van der Waals surface area contributed by atoms with Crippen molar-refractivity contribution >= 4 is 11.7 Å². The monoisotopic (exact) mass is 135 g/mol. The van der Waals surface area contributed by atoms with E-state index in [1.165, 1.54) is 17.1 Å². The first kappa shape index (κ1) is 5.22. The molecule has 0 saturated carbocycles. The predicted molar refractivity (Wildman–Crippen MR) is 35.3 cm³/mol. The second kappa shape index (κ2) is 1.70. The van der Waals surface area contributed by atoms with E-state index in [0.717, 1.165) is 5.52 Å². The molecule has 0 saturated heterocycles. The first-order chi connectivity index (χ1) is 4.92. The largest absolute Gasteiger partial charge is 0.381 e. The second-order valence-corrected chi connectivity index (χ2v) is 1.89. The highest BCUT2D eigenvalue weighted by molar-refractivity contribution is 5.84. The summed E-state index contributed by atoms with van der Waals surface area (Å²) in [5.74, 6) is 0. The smallest absolute Gasteiger partial charge is 0.133 e. The summed E-state index contributed by atoms with van der Waals surface area (Å²) in [7, 11) is 0. The molecule has 0 aliphatic carbocycles. The van der Waals surface area contributed by atoms with Crippen molar-refractivity contribution in [2.24, 2.45) is 0 Å². The van der Waals surface area contributed by atoms with E-state index in [9.17, 15) is 0 Å². The van der Waals surface area contributed by atoms with E-state index in [1.807, 2.05) is 0 Å². The third kappa shape index (κ3) is 0.500. The van der Waals surface area contributed by atoms with Crippen LogP contribution in [0.15, 0.2) is 23.2 Å². The summed E-state index contributed by atoms with van der Waals surface area (Å²) in [6.45, 7) is 0. The molecule has 0 radical (unpaired) electrons. The second-order valence-electron chi connectivity index (χ2n) is 1.89. The van der Waals surface area contributed by atoms with Gasteiger partial charge in [-0.15, -0.1) is 0 Å². The third-order valence-electron chi connectivity index (χ3n) is 1.34. The Labute approximate surface area is 56.6 Å². The normalized spacial score (nSPS) is 10.4. The van der Waals surface area contributed by atoms with Crippen LogP contribution in [0.1, 0.15) is 5.69 Å². The van der Waals surface area contributed by atoms with Crippen LogP contribution in [0.25, 0.3) is 5.52 Å². The lowest BCUT2D eigenvalue weighted by atomic mass is 10.4. The van der Waals surface area contributed by atoms with Crippen LogP contribution in [-0.4, -0.2) is 15.8 Å². The van der Waals surface area contributed by atoms with Crippen LogP contribution in [0.4, 0.5) is 0 Å². The zero-order chi connectivity index (χ0) is 6.97. The van der Waals surface area contributed by atoms with Gasteiger partial charge in [-0.25, -0.2) is 4.98 Å². The average Bonchev–Trinajstić information content (AvgIpc) is 2.44. The molecule has 0 unspecified atom stereocenters. The first-order valence-electron chi connectivity index (χ1n) is 2.83. The van der Waals surface area contributed by atoms with Crippen LogP contribution in [0.3, 0.4) is 0 Å². The van der Waals surface area contributed by atoms with Gasteiger partial charge in [0.15, 0.2) is 0 Å². The number of fused-ring (bicyclic) bond motifs is 1. The van der Waals surface area contributed by atoms with Crippen LogP contribution in [0, 0.1) is 5.41 Å². The lowest BCUT2D eigenvalue weighted by Crippen LogP contribution is -1.76. The van der Waals surface area contributed by atoms with Crippen LogP contribution in [0.2, 0.25) is 0 Å². The molecule has 4 nitrogen and oxygen atoms in total. The van der Waals surface area contributed by atoms with Crippen LogP contribution in [0.5, 0.6) is 0 Å². The SMILES string of the molecule is N=Cc1ncn2occc12. The Morgan fingerprint density at radius 2 is 2.60 bits per heavy atom. The molecule has 0 aliphatic rings. The van der Waals surface area contributed by atoms with Crippen LogP contribution < -0.4 is 0 Å². The van der Waals surface area contributed by atoms with Gasteiger partial charge in [0.05, 0.1) is 0 Å². The average molecular weight is 135 g/mol. The van der Waals surface area contributed by atoms with E-state index in [4.69, 9.17) is 9.93 Å². The number of nitrogens with zero attached hydrogens (tertiary/aromatic N) is 2. The van der Waals surface area contributed by atoms with Crippen molar-refractivity contribution in [2.75, 3.05) is 0 Å². The fourth-order valence-corrected chi connectivity index (χ4v) is 0.870. The van der Waals surface area contributed by atoms with Crippen molar-refractivity contribution in [1.82, 2.24) is 9.56 Å². The zero-order valence-corrected chi connectivity index (χ0v) is 5.11. The first-order valence-corrected chi connectivity index (χ1v) is 2.83. The molecule has 10 heavy (non-hydrogen) atoms. The highest BCUT2D eigenvalue weighted by Crippen LogP contribution is 2.06. The minimum atomic E-state index is 0.633. The molecule has 4 heteroatoms. The Morgan fingerprint density at radius 1 is 1.70 bits per heavy atom. The summed E-state index contributed by atoms with van der Waals surface area (Å²) in [5.41, 5.74) is 1.46. The fraction of sp³-hybridized carbons (Fsp3) is 0. The Balaban J connectivity index is 2.88. The molecule has 0 aliphatic heterocycles. The maximum Gasteiger partial charge on any atom is 0.133 e. The summed E-state index contributed by atoms with van der Waals surface area (Å²) in [4.78, 5) is 3.90. The van der Waals surface area contributed by atoms with Crippen molar-refractivity contribution in [3.63, 3.8) is 0 Å². The highest BCUT2D eigenvalue weighted by Gasteiger charge is 2.00.